The van der Waals surface area contributed by atoms with E-state index in [1.54, 1.807) is 24.4 Å². The third kappa shape index (κ3) is 3.67. The Hall–Kier alpha value is -3.74. The number of amides is 2. The molecule has 0 bridgehead atoms. The molecule has 0 unspecified atom stereocenters. The number of hydrogen-bond acceptors (Lipinski definition) is 5. The van der Waals surface area contributed by atoms with Gasteiger partial charge in [0.15, 0.2) is 0 Å². The quantitative estimate of drug-likeness (QED) is 0.559. The fraction of sp³-hybridized carbons (Fsp3) is 0.0526. The Labute approximate surface area is 149 Å². The molecule has 26 heavy (non-hydrogen) atoms. The normalized spacial score (nSPS) is 10.2. The first-order chi connectivity index (χ1) is 12.6. The highest BCUT2D eigenvalue weighted by Gasteiger charge is 2.16. The van der Waals surface area contributed by atoms with Crippen LogP contribution in [0.2, 0.25) is 0 Å². The van der Waals surface area contributed by atoms with Gasteiger partial charge >= 0.3 is 17.8 Å². The van der Waals surface area contributed by atoms with E-state index in [9.17, 15) is 14.4 Å². The zero-order chi connectivity index (χ0) is 18.5. The SMILES string of the molecule is COC(=O)c1ccc(NC(=O)C(=O)Nc2cccc3cccnc23)cc1. The number of para-hydroxylation sites is 1. The maximum Gasteiger partial charge on any atom is 0.337 e. The van der Waals surface area contributed by atoms with Crippen molar-refractivity contribution >= 4 is 40.1 Å². The molecular weight excluding hydrogens is 334 g/mol. The standard InChI is InChI=1S/C19H15N3O4/c1-26-19(25)13-7-9-14(10-8-13)21-17(23)18(24)22-15-6-2-4-12-5-3-11-20-16(12)15/h2-11H,1H3,(H,21,23)(H,22,24). The van der Waals surface area contributed by atoms with E-state index >= 15 is 0 Å². The van der Waals surface area contributed by atoms with Crippen LogP contribution in [0.25, 0.3) is 10.9 Å². The van der Waals surface area contributed by atoms with Crippen molar-refractivity contribution in [3.05, 3.63) is 66.4 Å². The fourth-order valence-corrected chi connectivity index (χ4v) is 2.38. The number of nitrogens with zero attached hydrogens (tertiary/aromatic N) is 1. The lowest BCUT2D eigenvalue weighted by atomic mass is 10.2. The monoisotopic (exact) mass is 349 g/mol. The number of pyridine rings is 1. The number of nitrogens with one attached hydrogen (secondary N) is 2. The number of fused-ring (bicyclic) bond motifs is 1. The van der Waals surface area contributed by atoms with Crippen LogP contribution < -0.4 is 10.6 Å². The summed E-state index contributed by atoms with van der Waals surface area (Å²) in [7, 11) is 1.28. The second kappa shape index (κ2) is 7.43. The van der Waals surface area contributed by atoms with E-state index in [1.807, 2.05) is 12.1 Å². The van der Waals surface area contributed by atoms with Crippen molar-refractivity contribution in [2.24, 2.45) is 0 Å². The molecule has 3 aromatic rings. The summed E-state index contributed by atoms with van der Waals surface area (Å²) >= 11 is 0. The van der Waals surface area contributed by atoms with Crippen molar-refractivity contribution in [2.75, 3.05) is 17.7 Å². The first-order valence-electron chi connectivity index (χ1n) is 7.73. The summed E-state index contributed by atoms with van der Waals surface area (Å²) in [5.74, 6) is -2.13. The van der Waals surface area contributed by atoms with Crippen LogP contribution in [0.5, 0.6) is 0 Å². The predicted molar refractivity (Wildman–Crippen MR) is 96.8 cm³/mol. The second-order valence-electron chi connectivity index (χ2n) is 5.36. The van der Waals surface area contributed by atoms with E-state index in [0.717, 1.165) is 5.39 Å². The maximum atomic E-state index is 12.2. The molecular formula is C19H15N3O4. The number of ether oxygens (including phenoxy) is 1. The van der Waals surface area contributed by atoms with Crippen molar-refractivity contribution in [3.8, 4) is 0 Å². The zero-order valence-electron chi connectivity index (χ0n) is 13.9. The number of methoxy groups -OCH3 is 1. The third-order valence-corrected chi connectivity index (χ3v) is 3.65. The summed E-state index contributed by atoms with van der Waals surface area (Å²) in [6.45, 7) is 0. The molecule has 1 heterocycles. The number of rotatable bonds is 3. The lowest BCUT2D eigenvalue weighted by Crippen LogP contribution is -2.29. The molecule has 3 rings (SSSR count). The summed E-state index contributed by atoms with van der Waals surface area (Å²) < 4.78 is 4.60. The molecule has 2 aromatic carbocycles. The van der Waals surface area contributed by atoms with Gasteiger partial charge < -0.3 is 15.4 Å². The largest absolute Gasteiger partial charge is 0.465 e. The van der Waals surface area contributed by atoms with Gasteiger partial charge in [0.25, 0.3) is 0 Å². The van der Waals surface area contributed by atoms with Crippen LogP contribution in [0, 0.1) is 0 Å². The Morgan fingerprint density at radius 3 is 2.31 bits per heavy atom. The fourth-order valence-electron chi connectivity index (χ4n) is 2.38. The molecule has 0 atom stereocenters. The van der Waals surface area contributed by atoms with Gasteiger partial charge in [-0.1, -0.05) is 18.2 Å². The van der Waals surface area contributed by atoms with Gasteiger partial charge in [0.05, 0.1) is 23.9 Å². The van der Waals surface area contributed by atoms with Crippen LogP contribution in [0.3, 0.4) is 0 Å². The van der Waals surface area contributed by atoms with Gasteiger partial charge in [-0.25, -0.2) is 4.79 Å². The number of carbonyl (C=O) groups excluding carboxylic acids is 3. The summed E-state index contributed by atoms with van der Waals surface area (Å²) in [6.07, 6.45) is 1.61. The Kier molecular flexibility index (Phi) is 4.89. The van der Waals surface area contributed by atoms with Crippen LogP contribution in [0.4, 0.5) is 11.4 Å². The first-order valence-corrected chi connectivity index (χ1v) is 7.73. The summed E-state index contributed by atoms with van der Waals surface area (Å²) in [4.78, 5) is 39.9. The van der Waals surface area contributed by atoms with E-state index < -0.39 is 17.8 Å². The highest BCUT2D eigenvalue weighted by atomic mass is 16.5. The zero-order valence-corrected chi connectivity index (χ0v) is 13.9. The lowest BCUT2D eigenvalue weighted by Gasteiger charge is -2.09. The van der Waals surface area contributed by atoms with E-state index in [2.05, 4.69) is 20.4 Å². The van der Waals surface area contributed by atoms with Crippen molar-refractivity contribution < 1.29 is 19.1 Å². The number of carbonyl (C=O) groups is 3. The van der Waals surface area contributed by atoms with Gasteiger partial charge in [-0.05, 0) is 36.4 Å². The Balaban J connectivity index is 1.70. The number of aromatic nitrogens is 1. The summed E-state index contributed by atoms with van der Waals surface area (Å²) in [5, 5.41) is 5.88. The van der Waals surface area contributed by atoms with Crippen molar-refractivity contribution in [1.82, 2.24) is 4.98 Å². The van der Waals surface area contributed by atoms with Gasteiger partial charge in [0, 0.05) is 17.3 Å². The molecule has 130 valence electrons. The molecule has 0 aliphatic carbocycles. The first kappa shape index (κ1) is 17.1. The Morgan fingerprint density at radius 2 is 1.58 bits per heavy atom. The average molecular weight is 349 g/mol. The molecule has 0 fully saturated rings. The van der Waals surface area contributed by atoms with E-state index in [4.69, 9.17) is 0 Å². The molecule has 7 heteroatoms. The molecule has 0 aliphatic rings. The second-order valence-corrected chi connectivity index (χ2v) is 5.36. The Bertz CT molecular complexity index is 978. The van der Waals surface area contributed by atoms with E-state index in [0.29, 0.717) is 22.5 Å². The van der Waals surface area contributed by atoms with Crippen LogP contribution in [-0.2, 0) is 14.3 Å². The van der Waals surface area contributed by atoms with Crippen LogP contribution in [-0.4, -0.2) is 29.9 Å². The molecule has 7 nitrogen and oxygen atoms in total. The van der Waals surface area contributed by atoms with Crippen molar-refractivity contribution in [2.45, 2.75) is 0 Å². The van der Waals surface area contributed by atoms with Gasteiger partial charge in [0.2, 0.25) is 0 Å². The lowest BCUT2D eigenvalue weighted by molar-refractivity contribution is -0.132. The maximum absolute atomic E-state index is 12.2. The van der Waals surface area contributed by atoms with Crippen LogP contribution in [0.1, 0.15) is 10.4 Å². The molecule has 0 saturated carbocycles. The van der Waals surface area contributed by atoms with E-state index in [-0.39, 0.29) is 0 Å². The van der Waals surface area contributed by atoms with Gasteiger partial charge in [-0.15, -0.1) is 0 Å². The van der Waals surface area contributed by atoms with Gasteiger partial charge in [-0.3, -0.25) is 14.6 Å². The highest BCUT2D eigenvalue weighted by molar-refractivity contribution is 6.44. The molecule has 2 amide bonds. The number of anilines is 2. The minimum atomic E-state index is -0.830. The Morgan fingerprint density at radius 1 is 0.885 bits per heavy atom. The minimum Gasteiger partial charge on any atom is -0.465 e. The number of benzene rings is 2. The molecule has 0 aliphatic heterocycles. The number of esters is 1. The smallest absolute Gasteiger partial charge is 0.337 e. The topological polar surface area (TPSA) is 97.4 Å². The molecule has 1 aromatic heterocycles. The van der Waals surface area contributed by atoms with E-state index in [1.165, 1.54) is 31.4 Å². The highest BCUT2D eigenvalue weighted by Crippen LogP contribution is 2.20. The minimum absolute atomic E-state index is 0.344. The predicted octanol–water partition coefficient (Wildman–Crippen LogP) is 2.60. The molecule has 0 radical (unpaired) electrons. The molecule has 2 N–H and O–H groups in total. The summed E-state index contributed by atoms with van der Waals surface area (Å²) in [5.41, 5.74) is 1.77. The number of hydrogen-bond donors (Lipinski definition) is 2. The molecule has 0 spiro atoms. The van der Waals surface area contributed by atoms with Gasteiger partial charge in [0.1, 0.15) is 0 Å². The third-order valence-electron chi connectivity index (χ3n) is 3.65. The summed E-state index contributed by atoms with van der Waals surface area (Å²) in [6, 6.07) is 15.0. The molecule has 0 saturated heterocycles. The van der Waals surface area contributed by atoms with Crippen molar-refractivity contribution in [3.63, 3.8) is 0 Å². The van der Waals surface area contributed by atoms with Crippen LogP contribution >= 0.6 is 0 Å². The van der Waals surface area contributed by atoms with Crippen LogP contribution in [0.15, 0.2) is 60.8 Å². The average Bonchev–Trinajstić information content (AvgIpc) is 2.68. The van der Waals surface area contributed by atoms with Gasteiger partial charge in [-0.2, -0.15) is 0 Å². The van der Waals surface area contributed by atoms with Crippen molar-refractivity contribution in [1.29, 1.82) is 0 Å².